The summed E-state index contributed by atoms with van der Waals surface area (Å²) in [6.07, 6.45) is 13.9. The highest BCUT2D eigenvalue weighted by atomic mass is 16.5. The normalized spacial score (nSPS) is 35.6. The van der Waals surface area contributed by atoms with Crippen molar-refractivity contribution < 1.29 is 19.1 Å². The van der Waals surface area contributed by atoms with Gasteiger partial charge in [-0.05, 0) is 55.2 Å². The maximum Gasteiger partial charge on any atom is 0.246 e. The van der Waals surface area contributed by atoms with Crippen LogP contribution in [0.15, 0.2) is 36.4 Å². The molecule has 3 amide bonds. The summed E-state index contributed by atoms with van der Waals surface area (Å²) in [5.74, 6) is -0.969. The fraction of sp³-hybridized carbons (Fsp3) is 0.667. The van der Waals surface area contributed by atoms with E-state index < -0.39 is 29.6 Å². The third kappa shape index (κ3) is 4.68. The first-order chi connectivity index (χ1) is 19.3. The molecule has 3 aliphatic heterocycles. The summed E-state index contributed by atoms with van der Waals surface area (Å²) in [6, 6.07) is 7.26. The zero-order valence-electron chi connectivity index (χ0n) is 24.2. The average Bonchev–Trinajstić information content (AvgIpc) is 3.49. The van der Waals surface area contributed by atoms with Crippen LogP contribution < -0.4 is 10.6 Å². The molecule has 3 heterocycles. The lowest BCUT2D eigenvalue weighted by molar-refractivity contribution is -0.144. The predicted molar refractivity (Wildman–Crippen MR) is 155 cm³/mol. The lowest BCUT2D eigenvalue weighted by atomic mass is 9.74. The first-order valence-corrected chi connectivity index (χ1v) is 15.7. The standard InChI is InChI=1S/C33H45N3O4/c1-20(2)22-14-16-23(17-15-22)34-30(37)27-26-18-19-33(40-26)28(27)32(39)36(24-11-6-4-5-7-12-24)29(33)31(38)35-25-13-9-8-10-21(25)3/h14-21,24-29H,4-13H2,1-3H3,(H,34,37)(H,35,38)/t21-,25+,26-,27+,28-,29-,33-/m0/s1. The molecule has 7 nitrogen and oxygen atoms in total. The number of fused-ring (bicyclic) bond motifs is 1. The molecule has 7 heteroatoms. The summed E-state index contributed by atoms with van der Waals surface area (Å²) in [7, 11) is 0. The molecule has 0 aromatic heterocycles. The van der Waals surface area contributed by atoms with Crippen molar-refractivity contribution in [2.75, 3.05) is 5.32 Å². The van der Waals surface area contributed by atoms with Gasteiger partial charge < -0.3 is 20.3 Å². The molecular weight excluding hydrogens is 502 g/mol. The number of nitrogens with one attached hydrogen (secondary N) is 2. The van der Waals surface area contributed by atoms with Crippen LogP contribution in [0.3, 0.4) is 0 Å². The van der Waals surface area contributed by atoms with Crippen molar-refractivity contribution in [3.05, 3.63) is 42.0 Å². The molecule has 2 aliphatic carbocycles. The number of benzene rings is 1. The minimum atomic E-state index is -1.10. The topological polar surface area (TPSA) is 87.7 Å². The number of carbonyl (C=O) groups excluding carboxylic acids is 3. The molecule has 2 bridgehead atoms. The molecule has 1 aromatic rings. The van der Waals surface area contributed by atoms with Crippen LogP contribution in [0.5, 0.6) is 0 Å². The zero-order valence-corrected chi connectivity index (χ0v) is 24.2. The monoisotopic (exact) mass is 547 g/mol. The van der Waals surface area contributed by atoms with Crippen molar-refractivity contribution in [2.24, 2.45) is 17.8 Å². The van der Waals surface area contributed by atoms with E-state index in [9.17, 15) is 14.4 Å². The van der Waals surface area contributed by atoms with Crippen LogP contribution in [0.2, 0.25) is 0 Å². The molecular formula is C33H45N3O4. The zero-order chi connectivity index (χ0) is 28.0. The number of anilines is 1. The maximum atomic E-state index is 14.4. The van der Waals surface area contributed by atoms with Gasteiger partial charge in [0.05, 0.1) is 17.9 Å². The van der Waals surface area contributed by atoms with Crippen LogP contribution in [-0.2, 0) is 19.1 Å². The number of hydrogen-bond acceptors (Lipinski definition) is 4. The van der Waals surface area contributed by atoms with Crippen LogP contribution >= 0.6 is 0 Å². The highest BCUT2D eigenvalue weighted by Gasteiger charge is 2.73. The summed E-state index contributed by atoms with van der Waals surface area (Å²) in [5, 5.41) is 6.42. The van der Waals surface area contributed by atoms with Crippen molar-refractivity contribution in [3.8, 4) is 0 Å². The SMILES string of the molecule is CC(C)c1ccc(NC(=O)[C@@H]2[C@@H]3C=C[C@]4(O3)[C@@H]2C(=O)N(C2CCCCCC2)[C@H]4C(=O)N[C@@H]2CCCC[C@@H]2C)cc1. The van der Waals surface area contributed by atoms with Gasteiger partial charge in [-0.2, -0.15) is 0 Å². The summed E-state index contributed by atoms with van der Waals surface area (Å²) in [4.78, 5) is 44.2. The third-order valence-corrected chi connectivity index (χ3v) is 10.4. The largest absolute Gasteiger partial charge is 0.359 e. The molecule has 7 atom stereocenters. The number of amides is 3. The van der Waals surface area contributed by atoms with Gasteiger partial charge in [0.25, 0.3) is 0 Å². The Morgan fingerprint density at radius 2 is 1.62 bits per heavy atom. The molecule has 5 aliphatic rings. The van der Waals surface area contributed by atoms with Gasteiger partial charge in [0, 0.05) is 17.8 Å². The molecule has 4 fully saturated rings. The Hall–Kier alpha value is -2.67. The minimum Gasteiger partial charge on any atom is -0.359 e. The van der Waals surface area contributed by atoms with Gasteiger partial charge in [-0.25, -0.2) is 0 Å². The summed E-state index contributed by atoms with van der Waals surface area (Å²) in [6.45, 7) is 6.48. The Balaban J connectivity index is 1.30. The van der Waals surface area contributed by atoms with Gasteiger partial charge >= 0.3 is 0 Å². The van der Waals surface area contributed by atoms with Crippen molar-refractivity contribution >= 4 is 23.4 Å². The van der Waals surface area contributed by atoms with E-state index in [0.717, 1.165) is 57.8 Å². The highest BCUT2D eigenvalue weighted by Crippen LogP contribution is 2.56. The van der Waals surface area contributed by atoms with E-state index in [-0.39, 0.29) is 29.8 Å². The van der Waals surface area contributed by atoms with Crippen molar-refractivity contribution in [2.45, 2.75) is 121 Å². The van der Waals surface area contributed by atoms with Gasteiger partial charge in [-0.1, -0.05) is 83.6 Å². The maximum absolute atomic E-state index is 14.4. The molecule has 6 rings (SSSR count). The van der Waals surface area contributed by atoms with Crippen LogP contribution in [0, 0.1) is 17.8 Å². The molecule has 0 unspecified atom stereocenters. The first-order valence-electron chi connectivity index (χ1n) is 15.7. The molecule has 0 radical (unpaired) electrons. The average molecular weight is 548 g/mol. The summed E-state index contributed by atoms with van der Waals surface area (Å²) < 4.78 is 6.58. The number of ether oxygens (including phenoxy) is 1. The van der Waals surface area contributed by atoms with Gasteiger partial charge in [0.15, 0.2) is 0 Å². The molecule has 1 aromatic carbocycles. The van der Waals surface area contributed by atoms with E-state index in [1.807, 2.05) is 41.3 Å². The lowest BCUT2D eigenvalue weighted by Gasteiger charge is -2.38. The van der Waals surface area contributed by atoms with Crippen molar-refractivity contribution in [3.63, 3.8) is 0 Å². The molecule has 216 valence electrons. The van der Waals surface area contributed by atoms with E-state index in [4.69, 9.17) is 4.74 Å². The molecule has 2 saturated carbocycles. The Morgan fingerprint density at radius 3 is 2.30 bits per heavy atom. The van der Waals surface area contributed by atoms with Crippen LogP contribution in [0.4, 0.5) is 5.69 Å². The Kier molecular flexibility index (Phi) is 7.53. The second-order valence-corrected chi connectivity index (χ2v) is 13.2. The number of rotatable bonds is 6. The van der Waals surface area contributed by atoms with E-state index in [1.54, 1.807) is 0 Å². The summed E-state index contributed by atoms with van der Waals surface area (Å²) >= 11 is 0. The Bertz CT molecular complexity index is 1150. The summed E-state index contributed by atoms with van der Waals surface area (Å²) in [5.41, 5.74) is 0.815. The van der Waals surface area contributed by atoms with E-state index in [0.29, 0.717) is 17.5 Å². The second-order valence-electron chi connectivity index (χ2n) is 13.2. The van der Waals surface area contributed by atoms with Crippen LogP contribution in [0.25, 0.3) is 0 Å². The van der Waals surface area contributed by atoms with E-state index >= 15 is 0 Å². The van der Waals surface area contributed by atoms with Gasteiger partial charge in [-0.15, -0.1) is 0 Å². The lowest BCUT2D eigenvalue weighted by Crippen LogP contribution is -2.59. The first kappa shape index (κ1) is 27.5. The molecule has 2 saturated heterocycles. The van der Waals surface area contributed by atoms with Crippen molar-refractivity contribution in [1.29, 1.82) is 0 Å². The predicted octanol–water partition coefficient (Wildman–Crippen LogP) is 5.32. The van der Waals surface area contributed by atoms with Crippen molar-refractivity contribution in [1.82, 2.24) is 10.2 Å². The molecule has 40 heavy (non-hydrogen) atoms. The van der Waals surface area contributed by atoms with Gasteiger partial charge in [-0.3, -0.25) is 14.4 Å². The van der Waals surface area contributed by atoms with Gasteiger partial charge in [0.2, 0.25) is 17.7 Å². The number of nitrogens with zero attached hydrogens (tertiary/aromatic N) is 1. The van der Waals surface area contributed by atoms with E-state index in [1.165, 1.54) is 12.0 Å². The highest BCUT2D eigenvalue weighted by molar-refractivity contribution is 6.03. The van der Waals surface area contributed by atoms with Crippen LogP contribution in [0.1, 0.15) is 96.5 Å². The second kappa shape index (κ2) is 11.0. The number of likely N-dealkylation sites (tertiary alicyclic amines) is 1. The Labute approximate surface area is 238 Å². The fourth-order valence-electron chi connectivity index (χ4n) is 8.11. The van der Waals surface area contributed by atoms with E-state index in [2.05, 4.69) is 31.4 Å². The smallest absolute Gasteiger partial charge is 0.246 e. The quantitative estimate of drug-likeness (QED) is 0.373. The third-order valence-electron chi connectivity index (χ3n) is 10.4. The molecule has 2 N–H and O–H groups in total. The Morgan fingerprint density at radius 1 is 0.950 bits per heavy atom. The number of carbonyl (C=O) groups is 3. The van der Waals surface area contributed by atoms with Crippen LogP contribution in [-0.4, -0.2) is 52.5 Å². The minimum absolute atomic E-state index is 0.00200. The van der Waals surface area contributed by atoms with Gasteiger partial charge in [0.1, 0.15) is 11.6 Å². The number of hydrogen-bond donors (Lipinski definition) is 2. The fourth-order valence-corrected chi connectivity index (χ4v) is 8.11. The molecule has 1 spiro atoms.